The van der Waals surface area contributed by atoms with Crippen molar-refractivity contribution in [2.75, 3.05) is 13.2 Å². The Morgan fingerprint density at radius 3 is 1.92 bits per heavy atom. The number of carbonyl (C=O) groups is 2. The normalized spacial score (nSPS) is 9.08. The molecule has 6 nitrogen and oxygen atoms in total. The van der Waals surface area contributed by atoms with E-state index >= 15 is 0 Å². The lowest BCUT2D eigenvalue weighted by atomic mass is 10.2. The van der Waals surface area contributed by atoms with Gasteiger partial charge in [0.2, 0.25) is 0 Å². The SMILES string of the molecule is C=C(C)C(=O)OCCCC.C=CC(=O)OCC.CCCCCC(O)O. The second-order valence-corrected chi connectivity index (χ2v) is 5.20. The van der Waals surface area contributed by atoms with Crippen LogP contribution in [0.5, 0.6) is 0 Å². The molecule has 0 aliphatic rings. The Morgan fingerprint density at radius 1 is 1.04 bits per heavy atom. The van der Waals surface area contributed by atoms with Gasteiger partial charge in [0.25, 0.3) is 0 Å². The summed E-state index contributed by atoms with van der Waals surface area (Å²) in [6, 6.07) is 0. The van der Waals surface area contributed by atoms with Crippen molar-refractivity contribution < 1.29 is 29.3 Å². The summed E-state index contributed by atoms with van der Waals surface area (Å²) in [5, 5.41) is 16.7. The van der Waals surface area contributed by atoms with Gasteiger partial charge in [-0.1, -0.05) is 46.3 Å². The third-order valence-corrected chi connectivity index (χ3v) is 2.60. The molecule has 0 aliphatic heterocycles. The third-order valence-electron chi connectivity index (χ3n) is 2.60. The number of hydrogen-bond acceptors (Lipinski definition) is 6. The maximum atomic E-state index is 10.7. The smallest absolute Gasteiger partial charge is 0.333 e. The minimum atomic E-state index is -1.10. The van der Waals surface area contributed by atoms with Gasteiger partial charge in [-0.05, 0) is 33.1 Å². The first-order valence-corrected chi connectivity index (χ1v) is 8.74. The fourth-order valence-corrected chi connectivity index (χ4v) is 1.21. The molecule has 0 amide bonds. The number of esters is 2. The minimum absolute atomic E-state index is 0.284. The summed E-state index contributed by atoms with van der Waals surface area (Å²) in [6.45, 7) is 15.1. The predicted molar refractivity (Wildman–Crippen MR) is 99.9 cm³/mol. The lowest BCUT2D eigenvalue weighted by molar-refractivity contribution is -0.139. The summed E-state index contributed by atoms with van der Waals surface area (Å²) in [7, 11) is 0. The number of unbranched alkanes of at least 4 members (excludes halogenated alkanes) is 3. The molecule has 0 radical (unpaired) electrons. The van der Waals surface area contributed by atoms with Crippen LogP contribution in [-0.2, 0) is 19.1 Å². The zero-order valence-corrected chi connectivity index (χ0v) is 16.3. The average molecular weight is 360 g/mol. The van der Waals surface area contributed by atoms with Gasteiger partial charge in [0, 0.05) is 11.6 Å². The molecule has 0 heterocycles. The van der Waals surface area contributed by atoms with E-state index in [0.29, 0.717) is 25.2 Å². The number of aliphatic hydroxyl groups is 2. The van der Waals surface area contributed by atoms with Crippen LogP contribution in [0.1, 0.15) is 66.2 Å². The Balaban J connectivity index is -0.000000296. The summed E-state index contributed by atoms with van der Waals surface area (Å²) in [4.78, 5) is 20.8. The van der Waals surface area contributed by atoms with E-state index in [4.69, 9.17) is 14.9 Å². The van der Waals surface area contributed by atoms with Crippen molar-refractivity contribution in [2.45, 2.75) is 72.5 Å². The van der Waals surface area contributed by atoms with Crippen molar-refractivity contribution in [3.8, 4) is 0 Å². The molecule has 148 valence electrons. The molecule has 0 saturated carbocycles. The topological polar surface area (TPSA) is 93.1 Å². The van der Waals surface area contributed by atoms with Crippen molar-refractivity contribution in [3.05, 3.63) is 24.8 Å². The lowest BCUT2D eigenvalue weighted by Crippen LogP contribution is -2.05. The molecule has 0 aromatic rings. The van der Waals surface area contributed by atoms with Crippen LogP contribution in [0, 0.1) is 0 Å². The molecular weight excluding hydrogens is 324 g/mol. The third kappa shape index (κ3) is 30.7. The van der Waals surface area contributed by atoms with Gasteiger partial charge in [-0.3, -0.25) is 0 Å². The zero-order chi connectivity index (χ0) is 20.1. The van der Waals surface area contributed by atoms with Gasteiger partial charge in [-0.2, -0.15) is 0 Å². The summed E-state index contributed by atoms with van der Waals surface area (Å²) >= 11 is 0. The van der Waals surface area contributed by atoms with E-state index in [9.17, 15) is 9.59 Å². The van der Waals surface area contributed by atoms with Gasteiger partial charge in [-0.25, -0.2) is 9.59 Å². The molecule has 2 N–H and O–H groups in total. The number of carbonyl (C=O) groups excluding carboxylic acids is 2. The van der Waals surface area contributed by atoms with E-state index in [2.05, 4.69) is 31.7 Å². The van der Waals surface area contributed by atoms with E-state index in [-0.39, 0.29) is 11.9 Å². The monoisotopic (exact) mass is 360 g/mol. The van der Waals surface area contributed by atoms with Crippen molar-refractivity contribution in [1.82, 2.24) is 0 Å². The minimum Gasteiger partial charge on any atom is -0.463 e. The van der Waals surface area contributed by atoms with E-state index in [0.717, 1.165) is 38.2 Å². The van der Waals surface area contributed by atoms with Gasteiger partial charge < -0.3 is 19.7 Å². The van der Waals surface area contributed by atoms with Crippen LogP contribution in [0.25, 0.3) is 0 Å². The Bertz CT molecular complexity index is 350. The van der Waals surface area contributed by atoms with Crippen LogP contribution in [0.4, 0.5) is 0 Å². The highest BCUT2D eigenvalue weighted by Gasteiger charge is 2.00. The summed E-state index contributed by atoms with van der Waals surface area (Å²) < 4.78 is 9.24. The number of rotatable bonds is 10. The van der Waals surface area contributed by atoms with Crippen molar-refractivity contribution in [3.63, 3.8) is 0 Å². The largest absolute Gasteiger partial charge is 0.463 e. The Morgan fingerprint density at radius 2 is 1.60 bits per heavy atom. The van der Waals surface area contributed by atoms with E-state index < -0.39 is 6.29 Å². The van der Waals surface area contributed by atoms with E-state index in [1.54, 1.807) is 13.8 Å². The molecule has 25 heavy (non-hydrogen) atoms. The van der Waals surface area contributed by atoms with Crippen LogP contribution >= 0.6 is 0 Å². The molecule has 0 aromatic heterocycles. The van der Waals surface area contributed by atoms with Crippen LogP contribution in [0.15, 0.2) is 24.8 Å². The van der Waals surface area contributed by atoms with E-state index in [1.807, 2.05) is 0 Å². The van der Waals surface area contributed by atoms with E-state index in [1.165, 1.54) is 0 Å². The van der Waals surface area contributed by atoms with Crippen LogP contribution in [0.2, 0.25) is 0 Å². The number of hydrogen-bond donors (Lipinski definition) is 2. The molecule has 0 atom stereocenters. The molecule has 6 heteroatoms. The molecule has 0 rings (SSSR count). The zero-order valence-electron chi connectivity index (χ0n) is 16.3. The van der Waals surface area contributed by atoms with Crippen LogP contribution in [0.3, 0.4) is 0 Å². The lowest BCUT2D eigenvalue weighted by Gasteiger charge is -2.01. The average Bonchev–Trinajstić information content (AvgIpc) is 2.56. The molecule has 0 bridgehead atoms. The fraction of sp³-hybridized carbons (Fsp3) is 0.684. The number of ether oxygens (including phenoxy) is 2. The Labute approximate surface area is 152 Å². The molecule has 0 fully saturated rings. The van der Waals surface area contributed by atoms with Crippen molar-refractivity contribution in [1.29, 1.82) is 0 Å². The van der Waals surface area contributed by atoms with Crippen molar-refractivity contribution >= 4 is 11.9 Å². The first-order chi connectivity index (χ1) is 11.8. The maximum absolute atomic E-state index is 10.7. The fourth-order valence-electron chi connectivity index (χ4n) is 1.21. The maximum Gasteiger partial charge on any atom is 0.333 e. The summed E-state index contributed by atoms with van der Waals surface area (Å²) in [5.74, 6) is -0.643. The molecule has 0 unspecified atom stereocenters. The summed E-state index contributed by atoms with van der Waals surface area (Å²) in [5.41, 5.74) is 0.469. The van der Waals surface area contributed by atoms with Gasteiger partial charge in [0.1, 0.15) is 0 Å². The summed E-state index contributed by atoms with van der Waals surface area (Å²) in [6.07, 6.45) is 5.69. The molecule has 0 aromatic carbocycles. The Kier molecular flexibility index (Phi) is 25.2. The van der Waals surface area contributed by atoms with Gasteiger partial charge >= 0.3 is 11.9 Å². The highest BCUT2D eigenvalue weighted by atomic mass is 16.5. The van der Waals surface area contributed by atoms with Gasteiger partial charge in [0.15, 0.2) is 6.29 Å². The second-order valence-electron chi connectivity index (χ2n) is 5.20. The Hall–Kier alpha value is -1.66. The first-order valence-electron chi connectivity index (χ1n) is 8.74. The van der Waals surface area contributed by atoms with Crippen molar-refractivity contribution in [2.24, 2.45) is 0 Å². The highest BCUT2D eigenvalue weighted by Crippen LogP contribution is 2.00. The number of aliphatic hydroxyl groups excluding tert-OH is 1. The molecule has 0 spiro atoms. The van der Waals surface area contributed by atoms with Gasteiger partial charge in [0.05, 0.1) is 13.2 Å². The van der Waals surface area contributed by atoms with Crippen LogP contribution < -0.4 is 0 Å². The standard InChI is InChI=1S/C8H14O2.C6H14O2.C5H8O2/c1-4-5-6-10-8(9)7(2)3;1-2-3-4-5-6(7)8;1-3-5(6)7-4-2/h2,4-6H2,1,3H3;6-8H,2-5H2,1H3;3H,1,4H2,2H3. The quantitative estimate of drug-likeness (QED) is 0.268. The molecular formula is C19H36O6. The first kappa shape index (κ1) is 28.2. The second kappa shape index (κ2) is 22.3. The van der Waals surface area contributed by atoms with Crippen LogP contribution in [-0.4, -0.2) is 41.7 Å². The molecule has 0 saturated heterocycles. The highest BCUT2D eigenvalue weighted by molar-refractivity contribution is 5.86. The van der Waals surface area contributed by atoms with Gasteiger partial charge in [-0.15, -0.1) is 0 Å². The molecule has 0 aliphatic carbocycles. The predicted octanol–water partition coefficient (Wildman–Crippen LogP) is 3.52.